The molecule has 1 aromatic heterocycles. The van der Waals surface area contributed by atoms with Gasteiger partial charge in [-0.1, -0.05) is 0 Å². The first-order valence-corrected chi connectivity index (χ1v) is 4.41. The second kappa shape index (κ2) is 3.65. The molecule has 0 fully saturated rings. The van der Waals surface area contributed by atoms with Crippen LogP contribution in [0.15, 0.2) is 24.3 Å². The average molecular weight is 203 g/mol. The van der Waals surface area contributed by atoms with Crippen molar-refractivity contribution in [1.82, 2.24) is 10.2 Å². The number of hydrogen-bond acceptors (Lipinski definition) is 2. The van der Waals surface area contributed by atoms with Gasteiger partial charge in [0.1, 0.15) is 11.5 Å². The molecule has 0 atom stereocenters. The van der Waals surface area contributed by atoms with Crippen LogP contribution < -0.4 is 0 Å². The Bertz CT molecular complexity index is 505. The number of hydrogen-bond donors (Lipinski definition) is 1. The molecule has 2 aromatic rings. The van der Waals surface area contributed by atoms with E-state index in [9.17, 15) is 9.18 Å². The number of H-pyrrole nitrogens is 1. The summed E-state index contributed by atoms with van der Waals surface area (Å²) in [6.07, 6.45) is 1.68. The summed E-state index contributed by atoms with van der Waals surface area (Å²) in [4.78, 5) is 10.3. The smallest absolute Gasteiger partial charge is 0.255 e. The molecule has 0 saturated carbocycles. The molecule has 0 aliphatic heterocycles. The van der Waals surface area contributed by atoms with Crippen molar-refractivity contribution in [2.24, 2.45) is 0 Å². The summed E-state index contributed by atoms with van der Waals surface area (Å²) in [5, 5.41) is 6.43. The molecule has 4 heteroatoms. The summed E-state index contributed by atoms with van der Waals surface area (Å²) in [5.41, 5.74) is 2.51. The minimum Gasteiger partial charge on any atom is -0.283 e. The summed E-state index contributed by atoms with van der Waals surface area (Å²) in [7, 11) is 0. The van der Waals surface area contributed by atoms with Gasteiger partial charge in [-0.05, 0) is 36.8 Å². The number of carbonyl (C=O) groups excluding carboxylic acids is 1. The lowest BCUT2D eigenvalue weighted by Gasteiger charge is -2.01. The van der Waals surface area contributed by atoms with Gasteiger partial charge in [0.05, 0.1) is 5.69 Å². The Labute approximate surface area is 85.9 Å². The van der Waals surface area contributed by atoms with E-state index in [1.54, 1.807) is 25.3 Å². The average Bonchev–Trinajstić information content (AvgIpc) is 2.66. The van der Waals surface area contributed by atoms with Crippen LogP contribution in [0.25, 0.3) is 11.3 Å². The van der Waals surface area contributed by atoms with Crippen molar-refractivity contribution in [1.29, 1.82) is 0 Å². The fourth-order valence-corrected chi connectivity index (χ4v) is 1.44. The van der Waals surface area contributed by atoms with Gasteiger partial charge in [0.15, 0.2) is 0 Å². The first-order chi connectivity index (χ1) is 7.20. The fourth-order valence-electron chi connectivity index (χ4n) is 1.44. The zero-order valence-corrected chi connectivity index (χ0v) is 8.04. The molecule has 0 unspecified atom stereocenters. The quantitative estimate of drug-likeness (QED) is 0.811. The summed E-state index contributed by atoms with van der Waals surface area (Å²) in [6, 6.07) is 6.02. The molecular formula is C11H8FN2O. The van der Waals surface area contributed by atoms with E-state index >= 15 is 0 Å². The first kappa shape index (κ1) is 9.58. The van der Waals surface area contributed by atoms with Gasteiger partial charge in [0.25, 0.3) is 6.29 Å². The lowest BCUT2D eigenvalue weighted by atomic mass is 10.1. The van der Waals surface area contributed by atoms with Gasteiger partial charge in [-0.25, -0.2) is 4.39 Å². The maximum absolute atomic E-state index is 12.8. The number of aryl methyl sites for hydroxylation is 1. The normalized spacial score (nSPS) is 10.3. The van der Waals surface area contributed by atoms with Gasteiger partial charge in [0.2, 0.25) is 0 Å². The Balaban J connectivity index is 2.49. The van der Waals surface area contributed by atoms with Crippen LogP contribution in [0.1, 0.15) is 11.3 Å². The Hall–Kier alpha value is -1.97. The number of nitrogens with one attached hydrogen (secondary N) is 1. The molecule has 0 aliphatic carbocycles. The number of rotatable bonds is 2. The second-order valence-corrected chi connectivity index (χ2v) is 3.23. The molecule has 0 bridgehead atoms. The van der Waals surface area contributed by atoms with E-state index in [2.05, 4.69) is 10.2 Å². The Morgan fingerprint density at radius 2 is 2.20 bits per heavy atom. The summed E-state index contributed by atoms with van der Waals surface area (Å²) in [6.45, 7) is 1.80. The van der Waals surface area contributed by atoms with Crippen LogP contribution in [0.3, 0.4) is 0 Å². The summed E-state index contributed by atoms with van der Waals surface area (Å²) < 4.78 is 12.8. The molecule has 3 nitrogen and oxygen atoms in total. The molecule has 1 heterocycles. The van der Waals surface area contributed by atoms with Crippen molar-refractivity contribution in [2.45, 2.75) is 6.92 Å². The topological polar surface area (TPSA) is 45.8 Å². The van der Waals surface area contributed by atoms with Crippen LogP contribution in [0, 0.1) is 12.7 Å². The minimum absolute atomic E-state index is 0.216. The van der Waals surface area contributed by atoms with Crippen LogP contribution in [-0.2, 0) is 4.79 Å². The standard InChI is InChI=1S/C11H8FN2O/c1-7-4-8(12)2-3-10(7)11-5-9(6-15)13-14-11/h2-5H,1H3,(H,13,14). The van der Waals surface area contributed by atoms with E-state index in [4.69, 9.17) is 0 Å². The third-order valence-electron chi connectivity index (χ3n) is 2.16. The van der Waals surface area contributed by atoms with E-state index in [1.807, 2.05) is 0 Å². The highest BCUT2D eigenvalue weighted by atomic mass is 19.1. The Morgan fingerprint density at radius 1 is 1.40 bits per heavy atom. The predicted octanol–water partition coefficient (Wildman–Crippen LogP) is 1.98. The second-order valence-electron chi connectivity index (χ2n) is 3.23. The molecule has 2 rings (SSSR count). The SMILES string of the molecule is Cc1cc(F)ccc1-c1cc([C]=O)n[nH]1. The molecule has 15 heavy (non-hydrogen) atoms. The van der Waals surface area contributed by atoms with Crippen molar-refractivity contribution in [2.75, 3.05) is 0 Å². The van der Waals surface area contributed by atoms with Crippen LogP contribution in [0.2, 0.25) is 0 Å². The Morgan fingerprint density at radius 3 is 2.80 bits per heavy atom. The largest absolute Gasteiger partial charge is 0.283 e. The molecule has 0 amide bonds. The van der Waals surface area contributed by atoms with E-state index in [-0.39, 0.29) is 11.5 Å². The Kier molecular flexibility index (Phi) is 2.33. The van der Waals surface area contributed by atoms with E-state index in [0.29, 0.717) is 5.69 Å². The van der Waals surface area contributed by atoms with Crippen molar-refractivity contribution >= 4 is 6.29 Å². The molecule has 75 valence electrons. The van der Waals surface area contributed by atoms with Gasteiger partial charge in [0, 0.05) is 5.56 Å². The van der Waals surface area contributed by atoms with E-state index in [1.165, 1.54) is 12.1 Å². The van der Waals surface area contributed by atoms with Crippen molar-refractivity contribution in [3.63, 3.8) is 0 Å². The highest BCUT2D eigenvalue weighted by Gasteiger charge is 2.06. The molecule has 1 aromatic carbocycles. The summed E-state index contributed by atoms with van der Waals surface area (Å²) in [5.74, 6) is -0.280. The van der Waals surface area contributed by atoms with Crippen molar-refractivity contribution < 1.29 is 9.18 Å². The first-order valence-electron chi connectivity index (χ1n) is 4.41. The van der Waals surface area contributed by atoms with Crippen LogP contribution >= 0.6 is 0 Å². The molecule has 0 saturated heterocycles. The monoisotopic (exact) mass is 203 g/mol. The van der Waals surface area contributed by atoms with Crippen molar-refractivity contribution in [3.05, 3.63) is 41.3 Å². The lowest BCUT2D eigenvalue weighted by molar-refractivity contribution is 0.561. The van der Waals surface area contributed by atoms with Crippen LogP contribution in [0.4, 0.5) is 4.39 Å². The lowest BCUT2D eigenvalue weighted by Crippen LogP contribution is -1.85. The number of aromatic amines is 1. The maximum atomic E-state index is 12.8. The minimum atomic E-state index is -0.280. The zero-order valence-electron chi connectivity index (χ0n) is 8.04. The molecule has 0 aliphatic rings. The third-order valence-corrected chi connectivity index (χ3v) is 2.16. The van der Waals surface area contributed by atoms with Crippen molar-refractivity contribution in [3.8, 4) is 11.3 Å². The van der Waals surface area contributed by atoms with Gasteiger partial charge in [-0.15, -0.1) is 0 Å². The van der Waals surface area contributed by atoms with Gasteiger partial charge < -0.3 is 0 Å². The molecule has 0 spiro atoms. The highest BCUT2D eigenvalue weighted by Crippen LogP contribution is 2.22. The molecule has 1 N–H and O–H groups in total. The zero-order chi connectivity index (χ0) is 10.8. The highest BCUT2D eigenvalue weighted by molar-refractivity contribution is 5.76. The van der Waals surface area contributed by atoms with E-state index in [0.717, 1.165) is 11.1 Å². The molecular weight excluding hydrogens is 195 g/mol. The van der Waals surface area contributed by atoms with Crippen LogP contribution in [-0.4, -0.2) is 16.5 Å². The van der Waals surface area contributed by atoms with Gasteiger partial charge in [-0.2, -0.15) is 5.10 Å². The van der Waals surface area contributed by atoms with Gasteiger partial charge >= 0.3 is 0 Å². The third kappa shape index (κ3) is 1.79. The number of benzene rings is 1. The van der Waals surface area contributed by atoms with E-state index < -0.39 is 0 Å². The maximum Gasteiger partial charge on any atom is 0.255 e. The van der Waals surface area contributed by atoms with Crippen LogP contribution in [0.5, 0.6) is 0 Å². The fraction of sp³-hybridized carbons (Fsp3) is 0.0909. The predicted molar refractivity (Wildman–Crippen MR) is 53.5 cm³/mol. The number of halogens is 1. The number of aromatic nitrogens is 2. The number of nitrogens with zero attached hydrogens (tertiary/aromatic N) is 1. The van der Waals surface area contributed by atoms with Gasteiger partial charge in [-0.3, -0.25) is 9.89 Å². The molecule has 1 radical (unpaired) electrons. The summed E-state index contributed by atoms with van der Waals surface area (Å²) >= 11 is 0.